The maximum atomic E-state index is 14.0. The van der Waals surface area contributed by atoms with Gasteiger partial charge in [0.05, 0.1) is 0 Å². The molecule has 0 aliphatic carbocycles. The van der Waals surface area contributed by atoms with Crippen LogP contribution in [0.5, 0.6) is 0 Å². The van der Waals surface area contributed by atoms with Crippen molar-refractivity contribution < 1.29 is 23.1 Å². The van der Waals surface area contributed by atoms with Crippen LogP contribution in [0.2, 0.25) is 0 Å². The van der Waals surface area contributed by atoms with E-state index in [1.807, 2.05) is 38.1 Å². The fraction of sp³-hybridized carbons (Fsp3) is 0.222. The maximum absolute atomic E-state index is 14.0. The van der Waals surface area contributed by atoms with E-state index in [1.165, 1.54) is 12.1 Å². The number of aryl methyl sites for hydroxylation is 1. The molecule has 0 saturated heterocycles. The molecule has 3 aromatic rings. The lowest BCUT2D eigenvalue weighted by Gasteiger charge is -2.20. The molecule has 0 aliphatic heterocycles. The molecule has 0 spiro atoms. The molecular formula is C18H17BrF2NO3P. The minimum Gasteiger partial charge on any atom is -0.340 e. The van der Waals surface area contributed by atoms with Crippen molar-refractivity contribution in [1.29, 1.82) is 0 Å². The summed E-state index contributed by atoms with van der Waals surface area (Å²) < 4.78 is 41.1. The Labute approximate surface area is 157 Å². The SMILES string of the molecule is Cc1c(C)n(Cc2ccc(C(F)(F)P(=O)(O)O)c(Br)c2)c2ccccc12. The highest BCUT2D eigenvalue weighted by Gasteiger charge is 2.51. The molecule has 26 heavy (non-hydrogen) atoms. The number of aromatic nitrogens is 1. The predicted molar refractivity (Wildman–Crippen MR) is 101 cm³/mol. The standard InChI is InChI=1S/C18H17BrF2NO3P/c1-11-12(2)22(17-6-4-3-5-14(11)17)10-13-7-8-15(16(19)9-13)18(20,21)26(23,24)25/h3-9H,10H2,1-2H3,(H2,23,24,25). The first kappa shape index (κ1) is 19.2. The molecule has 4 nitrogen and oxygen atoms in total. The van der Waals surface area contributed by atoms with Gasteiger partial charge in [-0.05, 0) is 37.1 Å². The first-order chi connectivity index (χ1) is 12.0. The van der Waals surface area contributed by atoms with Crippen molar-refractivity contribution in [3.8, 4) is 0 Å². The summed E-state index contributed by atoms with van der Waals surface area (Å²) in [6.45, 7) is 4.50. The summed E-state index contributed by atoms with van der Waals surface area (Å²) in [4.78, 5) is 17.8. The van der Waals surface area contributed by atoms with Gasteiger partial charge >= 0.3 is 13.3 Å². The van der Waals surface area contributed by atoms with Gasteiger partial charge in [0.1, 0.15) is 0 Å². The maximum Gasteiger partial charge on any atom is 0.399 e. The van der Waals surface area contributed by atoms with Gasteiger partial charge in [-0.15, -0.1) is 0 Å². The summed E-state index contributed by atoms with van der Waals surface area (Å²) in [5.41, 5.74) is -0.942. The zero-order valence-electron chi connectivity index (χ0n) is 14.1. The quantitative estimate of drug-likeness (QED) is 0.538. The highest BCUT2D eigenvalue weighted by molar-refractivity contribution is 9.10. The van der Waals surface area contributed by atoms with Gasteiger partial charge in [0.15, 0.2) is 0 Å². The van der Waals surface area contributed by atoms with Crippen LogP contribution in [-0.2, 0) is 16.8 Å². The summed E-state index contributed by atoms with van der Waals surface area (Å²) in [6, 6.07) is 11.9. The average molecular weight is 444 g/mol. The number of hydrogen-bond acceptors (Lipinski definition) is 1. The molecule has 0 atom stereocenters. The molecule has 0 aliphatic rings. The molecule has 1 aromatic heterocycles. The number of benzene rings is 2. The van der Waals surface area contributed by atoms with Gasteiger partial charge in [-0.1, -0.05) is 46.3 Å². The van der Waals surface area contributed by atoms with Gasteiger partial charge < -0.3 is 14.4 Å². The highest BCUT2D eigenvalue weighted by atomic mass is 79.9. The fourth-order valence-electron chi connectivity index (χ4n) is 3.05. The molecule has 2 N–H and O–H groups in total. The molecule has 0 bridgehead atoms. The van der Waals surface area contributed by atoms with E-state index < -0.39 is 18.8 Å². The number of nitrogens with zero attached hydrogens (tertiary/aromatic N) is 1. The second-order valence-electron chi connectivity index (χ2n) is 6.21. The van der Waals surface area contributed by atoms with E-state index in [2.05, 4.69) is 20.5 Å². The first-order valence-corrected chi connectivity index (χ1v) is 10.2. The van der Waals surface area contributed by atoms with Gasteiger partial charge in [-0.2, -0.15) is 8.78 Å². The first-order valence-electron chi connectivity index (χ1n) is 7.81. The van der Waals surface area contributed by atoms with Gasteiger partial charge in [-0.25, -0.2) is 0 Å². The fourth-order valence-corrected chi connectivity index (χ4v) is 4.39. The van der Waals surface area contributed by atoms with Crippen molar-refractivity contribution >= 4 is 34.4 Å². The van der Waals surface area contributed by atoms with Crippen LogP contribution in [0.1, 0.15) is 22.4 Å². The van der Waals surface area contributed by atoms with Crippen molar-refractivity contribution in [1.82, 2.24) is 4.57 Å². The number of alkyl halides is 2. The molecule has 138 valence electrons. The lowest BCUT2D eigenvalue weighted by molar-refractivity contribution is 0.0557. The molecule has 0 unspecified atom stereocenters. The van der Waals surface area contributed by atoms with Crippen molar-refractivity contribution in [3.63, 3.8) is 0 Å². The molecule has 1 heterocycles. The third-order valence-corrected chi connectivity index (χ3v) is 6.24. The Morgan fingerprint density at radius 3 is 2.42 bits per heavy atom. The normalized spacial score (nSPS) is 12.7. The van der Waals surface area contributed by atoms with Gasteiger partial charge in [-0.3, -0.25) is 4.57 Å². The molecule has 0 fully saturated rings. The van der Waals surface area contributed by atoms with E-state index in [0.717, 1.165) is 33.8 Å². The topological polar surface area (TPSA) is 62.5 Å². The lowest BCUT2D eigenvalue weighted by atomic mass is 10.1. The second kappa shape index (κ2) is 6.57. The van der Waals surface area contributed by atoms with E-state index in [9.17, 15) is 13.3 Å². The van der Waals surface area contributed by atoms with Crippen molar-refractivity contribution in [2.45, 2.75) is 26.1 Å². The number of fused-ring (bicyclic) bond motifs is 1. The van der Waals surface area contributed by atoms with Crippen LogP contribution in [0.4, 0.5) is 8.78 Å². The minimum atomic E-state index is -5.60. The molecule has 2 aromatic carbocycles. The Hall–Kier alpha value is -1.53. The number of halogens is 3. The molecule has 3 rings (SSSR count). The number of para-hydroxylation sites is 1. The van der Waals surface area contributed by atoms with Crippen LogP contribution in [0.25, 0.3) is 10.9 Å². The molecular weight excluding hydrogens is 427 g/mol. The van der Waals surface area contributed by atoms with E-state index in [4.69, 9.17) is 9.79 Å². The molecule has 0 amide bonds. The van der Waals surface area contributed by atoms with Gasteiger partial charge in [0.25, 0.3) is 0 Å². The molecule has 0 saturated carbocycles. The van der Waals surface area contributed by atoms with Crippen LogP contribution in [0, 0.1) is 13.8 Å². The Kier molecular flexibility index (Phi) is 4.86. The van der Waals surface area contributed by atoms with E-state index >= 15 is 0 Å². The zero-order chi connectivity index (χ0) is 19.3. The van der Waals surface area contributed by atoms with Crippen molar-refractivity contribution in [2.75, 3.05) is 0 Å². The number of hydrogen-bond donors (Lipinski definition) is 2. The summed E-state index contributed by atoms with van der Waals surface area (Å²) in [5, 5.41) is 1.13. The third-order valence-electron chi connectivity index (χ3n) is 4.61. The van der Waals surface area contributed by atoms with Gasteiger partial charge in [0.2, 0.25) is 0 Å². The Balaban J connectivity index is 2.03. The summed E-state index contributed by atoms with van der Waals surface area (Å²) in [7, 11) is -5.60. The Bertz CT molecular complexity index is 1040. The molecule has 8 heteroatoms. The lowest BCUT2D eigenvalue weighted by Crippen LogP contribution is -2.15. The van der Waals surface area contributed by atoms with Crippen molar-refractivity contribution in [2.24, 2.45) is 0 Å². The predicted octanol–water partition coefficient (Wildman–Crippen LogP) is 5.30. The third kappa shape index (κ3) is 3.14. The van der Waals surface area contributed by atoms with Crippen molar-refractivity contribution in [3.05, 3.63) is 69.3 Å². The summed E-state index contributed by atoms with van der Waals surface area (Å²) in [6.07, 6.45) is 0. The van der Waals surface area contributed by atoms with Crippen LogP contribution < -0.4 is 0 Å². The van der Waals surface area contributed by atoms with Gasteiger partial charge in [0, 0.05) is 33.2 Å². The zero-order valence-corrected chi connectivity index (χ0v) is 16.6. The van der Waals surface area contributed by atoms with E-state index in [-0.39, 0.29) is 4.47 Å². The highest BCUT2D eigenvalue weighted by Crippen LogP contribution is 2.60. The van der Waals surface area contributed by atoms with Crippen LogP contribution in [0.15, 0.2) is 46.9 Å². The van der Waals surface area contributed by atoms with E-state index in [0.29, 0.717) is 6.54 Å². The van der Waals surface area contributed by atoms with Crippen LogP contribution in [-0.4, -0.2) is 14.4 Å². The smallest absolute Gasteiger partial charge is 0.340 e. The Morgan fingerprint density at radius 2 is 1.81 bits per heavy atom. The van der Waals surface area contributed by atoms with E-state index in [1.54, 1.807) is 0 Å². The largest absolute Gasteiger partial charge is 0.399 e. The molecule has 0 radical (unpaired) electrons. The monoisotopic (exact) mass is 443 g/mol. The Morgan fingerprint density at radius 1 is 1.15 bits per heavy atom. The minimum absolute atomic E-state index is 0.0332. The second-order valence-corrected chi connectivity index (χ2v) is 8.72. The summed E-state index contributed by atoms with van der Waals surface area (Å²) in [5.74, 6) is 0. The average Bonchev–Trinajstić information content (AvgIpc) is 2.79. The number of rotatable bonds is 4. The van der Waals surface area contributed by atoms with Crippen LogP contribution >= 0.6 is 23.5 Å². The van der Waals surface area contributed by atoms with Crippen LogP contribution in [0.3, 0.4) is 0 Å². The summed E-state index contributed by atoms with van der Waals surface area (Å²) >= 11 is 3.03.